The van der Waals surface area contributed by atoms with Crippen molar-refractivity contribution in [2.45, 2.75) is 56.9 Å². The standard InChI is InChI=1S/C26H31F3N6/c27-26(28,29)22-13-11-21(12-14-22)24(25-30-31-32-35(25)19-20-7-3-1-4-8-20)34-17-15-33(16-18-34)23-9-5-2-6-10-23/h1,3-4,7-8,11-14,23-24H,2,5-6,9-10,15-19H2. The fraction of sp³-hybridized carbons (Fsp3) is 0.500. The summed E-state index contributed by atoms with van der Waals surface area (Å²) in [5.41, 5.74) is 1.19. The van der Waals surface area contributed by atoms with Gasteiger partial charge < -0.3 is 0 Å². The first kappa shape index (κ1) is 23.9. The maximum Gasteiger partial charge on any atom is 0.416 e. The van der Waals surface area contributed by atoms with Gasteiger partial charge >= 0.3 is 6.18 Å². The molecule has 0 radical (unpaired) electrons. The molecule has 1 aromatic heterocycles. The predicted molar refractivity (Wildman–Crippen MR) is 127 cm³/mol. The average molecular weight is 485 g/mol. The fourth-order valence-electron chi connectivity index (χ4n) is 5.46. The summed E-state index contributed by atoms with van der Waals surface area (Å²) in [6.07, 6.45) is 2.08. The van der Waals surface area contributed by atoms with E-state index >= 15 is 0 Å². The molecule has 9 heteroatoms. The van der Waals surface area contributed by atoms with Crippen LogP contribution in [0, 0.1) is 0 Å². The van der Waals surface area contributed by atoms with Crippen LogP contribution in [0.15, 0.2) is 54.6 Å². The molecular formula is C26H31F3N6. The van der Waals surface area contributed by atoms with Crippen molar-refractivity contribution in [3.05, 3.63) is 77.1 Å². The van der Waals surface area contributed by atoms with Gasteiger partial charge in [-0.25, -0.2) is 4.68 Å². The summed E-state index contributed by atoms with van der Waals surface area (Å²) in [7, 11) is 0. The van der Waals surface area contributed by atoms with Crippen LogP contribution < -0.4 is 0 Å². The molecule has 0 spiro atoms. The van der Waals surface area contributed by atoms with Crippen LogP contribution in [-0.2, 0) is 12.7 Å². The topological polar surface area (TPSA) is 50.1 Å². The number of alkyl halides is 3. The van der Waals surface area contributed by atoms with E-state index in [4.69, 9.17) is 0 Å². The minimum absolute atomic E-state index is 0.315. The van der Waals surface area contributed by atoms with Gasteiger partial charge in [0.1, 0.15) is 0 Å². The Labute approximate surface area is 203 Å². The van der Waals surface area contributed by atoms with Crippen LogP contribution in [0.25, 0.3) is 0 Å². The molecule has 2 aliphatic rings. The Morgan fingerprint density at radius 3 is 2.20 bits per heavy atom. The molecule has 0 amide bonds. The predicted octanol–water partition coefficient (Wildman–Crippen LogP) is 4.78. The molecule has 0 N–H and O–H groups in total. The molecule has 1 unspecified atom stereocenters. The van der Waals surface area contributed by atoms with Crippen LogP contribution in [0.5, 0.6) is 0 Å². The molecule has 1 atom stereocenters. The summed E-state index contributed by atoms with van der Waals surface area (Å²) < 4.78 is 41.4. The molecule has 1 saturated carbocycles. The zero-order valence-electron chi connectivity index (χ0n) is 19.7. The second-order valence-corrected chi connectivity index (χ2v) is 9.57. The highest BCUT2D eigenvalue weighted by molar-refractivity contribution is 5.30. The van der Waals surface area contributed by atoms with Gasteiger partial charge in [-0.1, -0.05) is 61.7 Å². The van der Waals surface area contributed by atoms with Gasteiger partial charge in [-0.3, -0.25) is 9.80 Å². The molecule has 6 nitrogen and oxygen atoms in total. The van der Waals surface area contributed by atoms with Gasteiger partial charge in [-0.15, -0.1) is 5.10 Å². The molecule has 2 aromatic carbocycles. The number of benzene rings is 2. The van der Waals surface area contributed by atoms with E-state index in [-0.39, 0.29) is 6.04 Å². The summed E-state index contributed by atoms with van der Waals surface area (Å²) in [6.45, 7) is 4.03. The number of hydrogen-bond donors (Lipinski definition) is 0. The van der Waals surface area contributed by atoms with Crippen molar-refractivity contribution >= 4 is 0 Å². The number of hydrogen-bond acceptors (Lipinski definition) is 5. The first-order valence-corrected chi connectivity index (χ1v) is 12.4. The molecule has 1 saturated heterocycles. The van der Waals surface area contributed by atoms with Crippen molar-refractivity contribution in [2.24, 2.45) is 0 Å². The van der Waals surface area contributed by atoms with Gasteiger partial charge in [-0.2, -0.15) is 13.2 Å². The highest BCUT2D eigenvalue weighted by Gasteiger charge is 2.34. The van der Waals surface area contributed by atoms with Crippen molar-refractivity contribution in [2.75, 3.05) is 26.2 Å². The molecule has 5 rings (SSSR count). The molecule has 35 heavy (non-hydrogen) atoms. The third kappa shape index (κ3) is 5.56. The monoisotopic (exact) mass is 484 g/mol. The van der Waals surface area contributed by atoms with Crippen LogP contribution in [0.4, 0.5) is 13.2 Å². The van der Waals surface area contributed by atoms with Gasteiger partial charge in [0.25, 0.3) is 0 Å². The van der Waals surface area contributed by atoms with Crippen molar-refractivity contribution < 1.29 is 13.2 Å². The summed E-state index contributed by atoms with van der Waals surface area (Å²) in [6, 6.07) is 15.7. The summed E-state index contributed by atoms with van der Waals surface area (Å²) in [4.78, 5) is 4.90. The molecule has 1 aliphatic carbocycles. The number of piperazine rings is 1. The first-order chi connectivity index (χ1) is 17.0. The molecule has 0 bridgehead atoms. The second kappa shape index (κ2) is 10.5. The lowest BCUT2D eigenvalue weighted by atomic mass is 9.93. The second-order valence-electron chi connectivity index (χ2n) is 9.57. The molecule has 3 aromatic rings. The van der Waals surface area contributed by atoms with Gasteiger partial charge in [-0.05, 0) is 46.5 Å². The Balaban J connectivity index is 1.41. The first-order valence-electron chi connectivity index (χ1n) is 12.4. The minimum Gasteiger partial charge on any atom is -0.298 e. The quantitative estimate of drug-likeness (QED) is 0.504. The summed E-state index contributed by atoms with van der Waals surface area (Å²) in [5.74, 6) is 0.653. The number of nitrogens with zero attached hydrogens (tertiary/aromatic N) is 6. The van der Waals surface area contributed by atoms with Crippen LogP contribution in [0.1, 0.15) is 60.7 Å². The van der Waals surface area contributed by atoms with Crippen molar-refractivity contribution in [1.82, 2.24) is 30.0 Å². The van der Waals surface area contributed by atoms with Crippen molar-refractivity contribution in [1.29, 1.82) is 0 Å². The molecular weight excluding hydrogens is 453 g/mol. The molecule has 2 heterocycles. The van der Waals surface area contributed by atoms with Crippen molar-refractivity contribution in [3.8, 4) is 0 Å². The average Bonchev–Trinajstić information content (AvgIpc) is 3.33. The lowest BCUT2D eigenvalue weighted by Gasteiger charge is -2.43. The zero-order valence-corrected chi connectivity index (χ0v) is 19.7. The van der Waals surface area contributed by atoms with E-state index in [9.17, 15) is 13.2 Å². The van der Waals surface area contributed by atoms with E-state index in [1.165, 1.54) is 32.1 Å². The maximum atomic E-state index is 13.2. The third-order valence-electron chi connectivity index (χ3n) is 7.34. The number of rotatable bonds is 6. The minimum atomic E-state index is -4.37. The van der Waals surface area contributed by atoms with E-state index in [0.717, 1.165) is 49.4 Å². The Bertz CT molecular complexity index is 1070. The van der Waals surface area contributed by atoms with Gasteiger partial charge in [0.15, 0.2) is 5.82 Å². The molecule has 186 valence electrons. The highest BCUT2D eigenvalue weighted by Crippen LogP contribution is 2.34. The number of tetrazole rings is 1. The summed E-state index contributed by atoms with van der Waals surface area (Å²) in [5, 5.41) is 12.6. The SMILES string of the molecule is FC(F)(F)c1ccc(C(c2nnnn2Cc2ccccc2)N2CCN(C3CCCCC3)CC2)cc1. The lowest BCUT2D eigenvalue weighted by molar-refractivity contribution is -0.137. The maximum absolute atomic E-state index is 13.2. The van der Waals surface area contributed by atoms with E-state index in [1.807, 2.05) is 30.3 Å². The molecule has 2 fully saturated rings. The van der Waals surface area contributed by atoms with Crippen LogP contribution >= 0.6 is 0 Å². The van der Waals surface area contributed by atoms with Crippen LogP contribution in [0.3, 0.4) is 0 Å². The van der Waals surface area contributed by atoms with E-state index in [2.05, 4.69) is 25.3 Å². The number of halogens is 3. The highest BCUT2D eigenvalue weighted by atomic mass is 19.4. The molecule has 1 aliphatic heterocycles. The Morgan fingerprint density at radius 1 is 0.857 bits per heavy atom. The van der Waals surface area contributed by atoms with Gasteiger partial charge in [0, 0.05) is 32.2 Å². The van der Waals surface area contributed by atoms with Gasteiger partial charge in [0.2, 0.25) is 0 Å². The normalized spacial score (nSPS) is 19.6. The van der Waals surface area contributed by atoms with Gasteiger partial charge in [0.05, 0.1) is 18.2 Å². The van der Waals surface area contributed by atoms with Crippen molar-refractivity contribution in [3.63, 3.8) is 0 Å². The third-order valence-corrected chi connectivity index (χ3v) is 7.34. The fourth-order valence-corrected chi connectivity index (χ4v) is 5.46. The van der Waals surface area contributed by atoms with E-state index in [1.54, 1.807) is 16.8 Å². The van der Waals surface area contributed by atoms with E-state index in [0.29, 0.717) is 18.4 Å². The summed E-state index contributed by atoms with van der Waals surface area (Å²) >= 11 is 0. The van der Waals surface area contributed by atoms with Crippen LogP contribution in [-0.4, -0.2) is 62.2 Å². The number of aromatic nitrogens is 4. The van der Waals surface area contributed by atoms with E-state index < -0.39 is 11.7 Å². The Kier molecular flexibility index (Phi) is 7.15. The largest absolute Gasteiger partial charge is 0.416 e. The Morgan fingerprint density at radius 2 is 1.54 bits per heavy atom. The Hall–Kier alpha value is -2.78. The van der Waals surface area contributed by atoms with Crippen LogP contribution in [0.2, 0.25) is 0 Å². The smallest absolute Gasteiger partial charge is 0.298 e. The lowest BCUT2D eigenvalue weighted by Crippen LogP contribution is -2.52. The zero-order chi connectivity index (χ0) is 24.3.